The van der Waals surface area contributed by atoms with Crippen molar-refractivity contribution in [2.24, 2.45) is 127 Å². The van der Waals surface area contributed by atoms with Crippen molar-refractivity contribution < 1.29 is 72.5 Å². The van der Waals surface area contributed by atoms with Crippen molar-refractivity contribution in [2.75, 3.05) is 58.9 Å². The average molecular weight is 1630 g/mol. The lowest BCUT2D eigenvalue weighted by Crippen LogP contribution is -2.60. The fourth-order valence-electron chi connectivity index (χ4n) is 11.1. The van der Waals surface area contributed by atoms with E-state index in [1.807, 2.05) is 0 Å². The van der Waals surface area contributed by atoms with Gasteiger partial charge in [0.05, 0.1) is 24.5 Å². The van der Waals surface area contributed by atoms with Gasteiger partial charge in [-0.1, -0.05) is 12.1 Å². The summed E-state index contributed by atoms with van der Waals surface area (Å²) >= 11 is 0. The number of aromatic hydroxyl groups is 1. The van der Waals surface area contributed by atoms with E-state index in [0.29, 0.717) is 12.8 Å². The summed E-state index contributed by atoms with van der Waals surface area (Å²) in [4.78, 5) is 205. The van der Waals surface area contributed by atoms with Crippen LogP contribution in [0.25, 0.3) is 0 Å². The number of phenolic OH excluding ortho intramolecular Hbond substituents is 1. The highest BCUT2D eigenvalue weighted by Crippen LogP contribution is 2.24. The molecule has 0 bridgehead atoms. The summed E-state index contributed by atoms with van der Waals surface area (Å²) in [6, 6.07) is -11.3. The van der Waals surface area contributed by atoms with Crippen molar-refractivity contribution in [1.29, 1.82) is 0 Å². The number of aliphatic imine (C=N–C) groups is 6. The van der Waals surface area contributed by atoms with Crippen LogP contribution in [0, 0.1) is 0 Å². The van der Waals surface area contributed by atoms with E-state index < -0.39 is 168 Å². The molecule has 115 heavy (non-hydrogen) atoms. The lowest BCUT2D eigenvalue weighted by atomic mass is 9.85. The predicted molar refractivity (Wildman–Crippen MR) is 429 cm³/mol. The summed E-state index contributed by atoms with van der Waals surface area (Å²) in [5, 5.41) is 45.3. The molecule has 0 radical (unpaired) electrons. The quantitative estimate of drug-likeness (QED) is 0.0164. The van der Waals surface area contributed by atoms with Gasteiger partial charge < -0.3 is 161 Å². The number of nitrogens with one attached hydrogen (secondary N) is 10. The zero-order valence-corrected chi connectivity index (χ0v) is 64.9. The Kier molecular flexibility index (Phi) is 49.2. The maximum atomic E-state index is 14.9. The van der Waals surface area contributed by atoms with Gasteiger partial charge in [0.2, 0.25) is 65.0 Å². The second kappa shape index (κ2) is 56.1. The molecule has 0 aromatic heterocycles. The largest absolute Gasteiger partial charge is 0.508 e. The molecule has 0 saturated carbocycles. The van der Waals surface area contributed by atoms with Gasteiger partial charge in [-0.25, -0.2) is 4.79 Å². The van der Waals surface area contributed by atoms with E-state index in [1.54, 1.807) is 0 Å². The number of nitrogens with two attached hydrogens (primary N) is 17. The molecule has 1 aromatic rings. The third kappa shape index (κ3) is 44.0. The van der Waals surface area contributed by atoms with Crippen molar-refractivity contribution in [2.45, 2.75) is 208 Å². The molecule has 1 rings (SSSR count). The van der Waals surface area contributed by atoms with E-state index in [4.69, 9.17) is 97.5 Å². The first kappa shape index (κ1) is 101. The number of ketones is 1. The van der Waals surface area contributed by atoms with Gasteiger partial charge in [0.25, 0.3) is 0 Å². The molecule has 12 atom stereocenters. The number of primary amides is 1. The number of hydrogen-bond acceptors (Lipinski definition) is 24. The Morgan fingerprint density at radius 3 is 0.852 bits per heavy atom. The van der Waals surface area contributed by atoms with Crippen LogP contribution in [0.4, 0.5) is 0 Å². The van der Waals surface area contributed by atoms with Crippen LogP contribution in [-0.2, 0) is 62.3 Å². The molecule has 1 unspecified atom stereocenters. The molecule has 0 heterocycles. The number of phenols is 1. The van der Waals surface area contributed by atoms with Crippen molar-refractivity contribution in [1.82, 2.24) is 53.2 Å². The van der Waals surface area contributed by atoms with Gasteiger partial charge in [-0.15, -0.1) is 0 Å². The second-order valence-corrected chi connectivity index (χ2v) is 26.7. The molecular formula is C67H123N33O15. The Bertz CT molecular complexity index is 3480. The van der Waals surface area contributed by atoms with Crippen LogP contribution in [0.1, 0.15) is 147 Å². The van der Waals surface area contributed by atoms with E-state index in [2.05, 4.69) is 83.1 Å². The molecule has 0 aliphatic carbocycles. The number of guanidine groups is 6. The van der Waals surface area contributed by atoms with Crippen molar-refractivity contribution >= 4 is 112 Å². The van der Waals surface area contributed by atoms with Crippen LogP contribution >= 0.6 is 0 Å². The van der Waals surface area contributed by atoms with Crippen molar-refractivity contribution in [3.8, 4) is 5.75 Å². The smallest absolute Gasteiger partial charge is 0.326 e. The Balaban J connectivity index is 3.94. The van der Waals surface area contributed by atoms with Crippen molar-refractivity contribution in [3.63, 3.8) is 0 Å². The Labute approximate surface area is 665 Å². The molecule has 48 heteroatoms. The Hall–Kier alpha value is -12.2. The molecule has 1 aromatic carbocycles. The number of benzene rings is 1. The molecule has 0 aliphatic heterocycles. The van der Waals surface area contributed by atoms with Crippen LogP contribution in [0.15, 0.2) is 54.2 Å². The van der Waals surface area contributed by atoms with Gasteiger partial charge in [-0.05, 0) is 160 Å². The van der Waals surface area contributed by atoms with Gasteiger partial charge >= 0.3 is 5.97 Å². The number of carbonyl (C=O) groups excluding carboxylic acids is 12. The molecular weight excluding hydrogens is 1510 g/mol. The SMILES string of the molecule is C[C@H](N)C(=O)C(c1ccc(O)cc1)[C@H](N)C(=O)NCC(=O)N[C@@H](CCCN=C(N)N)C(=O)N[C@@H](CCCCN)C(=O)N[C@@H](CCCCN)C(=O)N[C@@H](CCCN=C(N)N)C(=O)N[C@@H](CCCN=C(N)N)C(=O)N[C@@H](CCC(N)=O)C(=O)N[C@@H](CCCN=C(N)N)C(=O)N[C@@H](CCCN=C(N)N)C(=O)N[C@@H](CCCN=C(N)N)C(=O)O. The number of carboxylic acids is 1. The third-order valence-corrected chi connectivity index (χ3v) is 17.0. The number of aliphatic carboxylic acids is 1. The van der Waals surface area contributed by atoms with E-state index in [1.165, 1.54) is 31.2 Å². The molecule has 646 valence electrons. The number of amides is 11. The highest BCUT2D eigenvalue weighted by atomic mass is 16.4. The molecule has 0 aliphatic rings. The molecule has 0 fully saturated rings. The van der Waals surface area contributed by atoms with Crippen LogP contribution in [0.3, 0.4) is 0 Å². The van der Waals surface area contributed by atoms with Crippen LogP contribution < -0.4 is 151 Å². The maximum absolute atomic E-state index is 14.9. The number of Topliss-reactive ketones (excluding diaryl/α,β-unsaturated/α-hetero) is 1. The number of nitrogens with zero attached hydrogens (tertiary/aromatic N) is 6. The van der Waals surface area contributed by atoms with Crippen LogP contribution in [0.5, 0.6) is 5.75 Å². The van der Waals surface area contributed by atoms with Crippen LogP contribution in [0.2, 0.25) is 0 Å². The average Bonchev–Trinajstić information content (AvgIpc) is 0.825. The first-order chi connectivity index (χ1) is 54.3. The standard InChI is InChI=1S/C67H123N33O15/c1-35(70)51(104)49(36-20-22-37(101)23-21-36)50(72)60(113)91-34-48(103)92-38(14-6-28-85-62(73)74)52(105)93-39(12-2-4-26-68)53(106)94-40(13-3-5-27-69)54(107)95-41(15-7-29-86-63(75)76)55(108)96-43(17-9-31-88-65(79)80)57(110)99-45(24-25-47(71)102)59(112)98-42(16-8-30-87-64(77)78)56(109)97-44(18-10-32-89-66(81)82)58(111)100-46(61(114)115)19-11-33-90-67(83)84/h20-23,35,38-46,49-50,101H,2-19,24-34,68-70,72H2,1H3,(H2,71,102)(H,91,113)(H,92,103)(H,93,105)(H,94,106)(H,95,107)(H,96,108)(H,97,109)(H,98,112)(H,99,110)(H,100,111)(H,114,115)(H4,73,74,85)(H4,75,76,86)(H4,77,78,87)(H4,79,80,88)(H4,81,82,89)(H4,83,84,90)/t35-,38-,39-,40-,41-,42-,43-,44-,45-,46-,49?,50-/m0/s1. The predicted octanol–water partition coefficient (Wildman–Crippen LogP) is -11.9. The summed E-state index contributed by atoms with van der Waals surface area (Å²) in [6.07, 6.45) is -1.35. The molecule has 46 N–H and O–H groups in total. The minimum absolute atomic E-state index is 0.0122. The minimum atomic E-state index is -1.75. The Morgan fingerprint density at radius 1 is 0.348 bits per heavy atom. The highest BCUT2D eigenvalue weighted by Gasteiger charge is 2.38. The zero-order valence-electron chi connectivity index (χ0n) is 64.9. The van der Waals surface area contributed by atoms with E-state index in [9.17, 15) is 72.5 Å². The second-order valence-electron chi connectivity index (χ2n) is 26.7. The van der Waals surface area contributed by atoms with E-state index in [-0.39, 0.29) is 202 Å². The molecule has 48 nitrogen and oxygen atoms in total. The minimum Gasteiger partial charge on any atom is -0.508 e. The number of carboxylic acid groups (broad SMARTS) is 1. The summed E-state index contributed by atoms with van der Waals surface area (Å²) in [7, 11) is 0. The van der Waals surface area contributed by atoms with Gasteiger partial charge in [-0.2, -0.15) is 0 Å². The normalized spacial score (nSPS) is 14.0. The molecule has 11 amide bonds. The van der Waals surface area contributed by atoms with E-state index in [0.717, 1.165) is 0 Å². The first-order valence-electron chi connectivity index (χ1n) is 37.4. The topological polar surface area (TPSA) is 899 Å². The fraction of sp³-hybridized carbons (Fsp3) is 0.627. The molecule has 0 saturated heterocycles. The first-order valence-corrected chi connectivity index (χ1v) is 37.4. The Morgan fingerprint density at radius 2 is 0.600 bits per heavy atom. The van der Waals surface area contributed by atoms with E-state index >= 15 is 0 Å². The fourth-order valence-corrected chi connectivity index (χ4v) is 11.1. The number of unbranched alkanes of at least 4 members (excludes halogenated alkanes) is 2. The van der Waals surface area contributed by atoms with Gasteiger partial charge in [0.1, 0.15) is 60.1 Å². The number of rotatable bonds is 60. The summed E-state index contributed by atoms with van der Waals surface area (Å²) < 4.78 is 0. The maximum Gasteiger partial charge on any atom is 0.326 e. The summed E-state index contributed by atoms with van der Waals surface area (Å²) in [5.41, 5.74) is 96.1. The van der Waals surface area contributed by atoms with Crippen molar-refractivity contribution in [3.05, 3.63) is 29.8 Å². The van der Waals surface area contributed by atoms with Gasteiger partial charge in [-0.3, -0.25) is 87.5 Å². The summed E-state index contributed by atoms with van der Waals surface area (Å²) in [6.45, 7) is 0.519. The third-order valence-electron chi connectivity index (χ3n) is 17.0. The van der Waals surface area contributed by atoms with Crippen LogP contribution in [-0.4, -0.2) is 248 Å². The monoisotopic (exact) mass is 1630 g/mol. The van der Waals surface area contributed by atoms with Gasteiger partial charge in [0.15, 0.2) is 41.5 Å². The summed E-state index contributed by atoms with van der Waals surface area (Å²) in [5.74, 6) is -16.2. The lowest BCUT2D eigenvalue weighted by Gasteiger charge is -2.28. The zero-order chi connectivity index (χ0) is 86.7. The highest BCUT2D eigenvalue weighted by molar-refractivity contribution is 6.00. The number of hydrogen-bond donors (Lipinski definition) is 29. The van der Waals surface area contributed by atoms with Gasteiger partial charge in [0, 0.05) is 45.7 Å². The lowest BCUT2D eigenvalue weighted by molar-refractivity contribution is -0.142. The number of carbonyl (C=O) groups is 13. The molecule has 0 spiro atoms.